The van der Waals surface area contributed by atoms with Gasteiger partial charge in [-0.25, -0.2) is 4.79 Å². The number of carboxylic acid groups (broad SMARTS) is 1. The maximum absolute atomic E-state index is 12.8. The Morgan fingerprint density at radius 3 is 1.88 bits per heavy atom. The Balaban J connectivity index is 3.55. The quantitative estimate of drug-likeness (QED) is 0.606. The number of alkyl halides is 3. The van der Waals surface area contributed by atoms with Gasteiger partial charge in [-0.3, -0.25) is 0 Å². The number of hydrogen-bond acceptors (Lipinski definition) is 3. The fraction of sp³-hybridized carbons (Fsp3) is 0.588. The average Bonchev–Trinajstić information content (AvgIpc) is 2.42. The van der Waals surface area contributed by atoms with Gasteiger partial charge in [-0.05, 0) is 28.8 Å². The number of carbonyl (C=O) groups is 1. The van der Waals surface area contributed by atoms with Crippen molar-refractivity contribution in [1.29, 1.82) is 0 Å². The van der Waals surface area contributed by atoms with Gasteiger partial charge in [0.15, 0.2) is 5.75 Å². The van der Waals surface area contributed by atoms with Crippen molar-refractivity contribution >= 4 is 14.3 Å². The number of ether oxygens (including phenoxy) is 1. The van der Waals surface area contributed by atoms with E-state index in [1.807, 2.05) is 41.5 Å². The molecule has 0 saturated heterocycles. The monoisotopic (exact) mass is 378 g/mol. The minimum Gasteiger partial charge on any atom is -0.540 e. The molecule has 0 atom stereocenters. The number of hydrogen-bond donors (Lipinski definition) is 1. The van der Waals surface area contributed by atoms with Gasteiger partial charge in [0.2, 0.25) is 0 Å². The Labute approximate surface area is 147 Å². The molecule has 0 aliphatic heterocycles. The van der Waals surface area contributed by atoms with E-state index in [0.29, 0.717) is 0 Å². The number of benzene rings is 1. The van der Waals surface area contributed by atoms with E-state index in [1.54, 1.807) is 0 Å². The van der Waals surface area contributed by atoms with Gasteiger partial charge < -0.3 is 14.3 Å². The summed E-state index contributed by atoms with van der Waals surface area (Å²) in [6.45, 7) is 11.9. The molecule has 0 radical (unpaired) electrons. The molecule has 0 heterocycles. The highest BCUT2D eigenvalue weighted by atomic mass is 28.4. The van der Waals surface area contributed by atoms with E-state index in [-0.39, 0.29) is 22.4 Å². The second-order valence-electron chi connectivity index (χ2n) is 6.91. The maximum atomic E-state index is 12.8. The second-order valence-corrected chi connectivity index (χ2v) is 12.3. The molecule has 4 nitrogen and oxygen atoms in total. The van der Waals surface area contributed by atoms with E-state index < -0.39 is 32.0 Å². The lowest BCUT2D eigenvalue weighted by Crippen LogP contribution is -2.50. The molecule has 0 bridgehead atoms. The minimum atomic E-state index is -5.01. The highest BCUT2D eigenvalue weighted by molar-refractivity contribution is 6.78. The number of aromatic carboxylic acids is 1. The predicted molar refractivity (Wildman–Crippen MR) is 91.8 cm³/mol. The summed E-state index contributed by atoms with van der Waals surface area (Å²) >= 11 is 0. The van der Waals surface area contributed by atoms with Crippen LogP contribution in [0.3, 0.4) is 0 Å². The smallest absolute Gasteiger partial charge is 0.540 e. The fourth-order valence-electron chi connectivity index (χ4n) is 3.53. The molecule has 1 N–H and O–H groups in total. The molecule has 0 spiro atoms. The van der Waals surface area contributed by atoms with Crippen molar-refractivity contribution in [2.24, 2.45) is 0 Å². The van der Waals surface area contributed by atoms with E-state index in [2.05, 4.69) is 4.74 Å². The minimum absolute atomic E-state index is 0.111. The van der Waals surface area contributed by atoms with Crippen LogP contribution in [-0.4, -0.2) is 25.8 Å². The van der Waals surface area contributed by atoms with E-state index in [1.165, 1.54) is 12.1 Å². The van der Waals surface area contributed by atoms with Gasteiger partial charge >= 0.3 is 12.3 Å². The Morgan fingerprint density at radius 1 is 1.04 bits per heavy atom. The zero-order valence-electron chi connectivity index (χ0n) is 15.3. The summed E-state index contributed by atoms with van der Waals surface area (Å²) in [4.78, 5) is 11.3. The van der Waals surface area contributed by atoms with Crippen LogP contribution >= 0.6 is 0 Å². The third-order valence-corrected chi connectivity index (χ3v) is 10.4. The first-order valence-electron chi connectivity index (χ1n) is 8.14. The SMILES string of the molecule is CC(C)[Si](Oc1cccc(C(=O)O)c1OC(F)(F)F)(C(C)C)C(C)C. The lowest BCUT2D eigenvalue weighted by molar-refractivity contribution is -0.275. The van der Waals surface area contributed by atoms with Gasteiger partial charge in [0.1, 0.15) is 11.3 Å². The highest BCUT2D eigenvalue weighted by Gasteiger charge is 2.48. The molecule has 0 fully saturated rings. The summed E-state index contributed by atoms with van der Waals surface area (Å²) in [7, 11) is -2.57. The van der Waals surface area contributed by atoms with Gasteiger partial charge in [-0.1, -0.05) is 47.6 Å². The fourth-order valence-corrected chi connectivity index (χ4v) is 8.78. The number of halogens is 3. The summed E-state index contributed by atoms with van der Waals surface area (Å²) in [5, 5.41) is 9.22. The summed E-state index contributed by atoms with van der Waals surface area (Å²) in [6.07, 6.45) is -5.01. The van der Waals surface area contributed by atoms with Gasteiger partial charge in [0.25, 0.3) is 8.32 Å². The molecule has 142 valence electrons. The van der Waals surface area contributed by atoms with Crippen molar-refractivity contribution in [3.05, 3.63) is 23.8 Å². The normalized spacial score (nSPS) is 12.8. The van der Waals surface area contributed by atoms with Crippen molar-refractivity contribution in [3.8, 4) is 11.5 Å². The largest absolute Gasteiger partial charge is 0.573 e. The third kappa shape index (κ3) is 4.68. The predicted octanol–water partition coefficient (Wildman–Crippen LogP) is 5.84. The molecule has 0 aliphatic carbocycles. The molecule has 0 unspecified atom stereocenters. The molecule has 1 aromatic rings. The van der Waals surface area contributed by atoms with E-state index >= 15 is 0 Å². The topological polar surface area (TPSA) is 55.8 Å². The molecule has 0 aromatic heterocycles. The first-order valence-corrected chi connectivity index (χ1v) is 10.3. The van der Waals surface area contributed by atoms with Crippen LogP contribution in [-0.2, 0) is 0 Å². The standard InChI is InChI=1S/C17H25F3O4Si/c1-10(2)25(11(3)4,12(5)6)24-14-9-7-8-13(16(21)22)15(14)23-17(18,19)20/h7-12H,1-6H3,(H,21,22). The maximum Gasteiger partial charge on any atom is 0.573 e. The Hall–Kier alpha value is -1.70. The first-order chi connectivity index (χ1) is 11.3. The molecule has 1 rings (SSSR count). The lowest BCUT2D eigenvalue weighted by Gasteiger charge is -2.42. The number of rotatable bonds is 7. The zero-order chi connectivity index (χ0) is 19.6. The van der Waals surface area contributed by atoms with Crippen molar-refractivity contribution in [1.82, 2.24) is 0 Å². The summed E-state index contributed by atoms with van der Waals surface area (Å²) in [6, 6.07) is 3.77. The van der Waals surface area contributed by atoms with Gasteiger partial charge in [0, 0.05) is 0 Å². The van der Waals surface area contributed by atoms with E-state index in [0.717, 1.165) is 6.07 Å². The molecule has 8 heteroatoms. The van der Waals surface area contributed by atoms with E-state index in [9.17, 15) is 23.1 Å². The van der Waals surface area contributed by atoms with Crippen LogP contribution in [0.4, 0.5) is 13.2 Å². The van der Waals surface area contributed by atoms with Crippen LogP contribution in [0.15, 0.2) is 18.2 Å². The van der Waals surface area contributed by atoms with Gasteiger partial charge in [-0.15, -0.1) is 13.2 Å². The number of carboxylic acids is 1. The molecule has 25 heavy (non-hydrogen) atoms. The highest BCUT2D eigenvalue weighted by Crippen LogP contribution is 2.46. The van der Waals surface area contributed by atoms with Crippen LogP contribution < -0.4 is 9.16 Å². The third-order valence-electron chi connectivity index (χ3n) is 4.42. The lowest BCUT2D eigenvalue weighted by atomic mass is 10.2. The molecule has 0 aliphatic rings. The van der Waals surface area contributed by atoms with Crippen LogP contribution in [0.1, 0.15) is 51.9 Å². The Morgan fingerprint density at radius 2 is 1.52 bits per heavy atom. The summed E-state index contributed by atoms with van der Waals surface area (Å²) in [5.74, 6) is -2.46. The van der Waals surface area contributed by atoms with Crippen LogP contribution in [0.5, 0.6) is 11.5 Å². The van der Waals surface area contributed by atoms with Crippen LogP contribution in [0.2, 0.25) is 16.6 Å². The molecule has 0 amide bonds. The Kier molecular flexibility index (Phi) is 6.55. The van der Waals surface area contributed by atoms with Crippen molar-refractivity contribution in [2.45, 2.75) is 64.5 Å². The van der Waals surface area contributed by atoms with Crippen molar-refractivity contribution in [2.75, 3.05) is 0 Å². The van der Waals surface area contributed by atoms with E-state index in [4.69, 9.17) is 4.43 Å². The van der Waals surface area contributed by atoms with Crippen molar-refractivity contribution < 1.29 is 32.2 Å². The summed E-state index contributed by atoms with van der Waals surface area (Å²) in [5.41, 5.74) is -0.242. The first kappa shape index (κ1) is 21.3. The Bertz CT molecular complexity index is 591. The van der Waals surface area contributed by atoms with Crippen LogP contribution in [0.25, 0.3) is 0 Å². The average molecular weight is 378 g/mol. The van der Waals surface area contributed by atoms with Crippen LogP contribution in [0, 0.1) is 0 Å². The number of para-hydroxylation sites is 1. The summed E-state index contributed by atoms with van der Waals surface area (Å²) < 4.78 is 48.7. The van der Waals surface area contributed by atoms with Gasteiger partial charge in [0.05, 0.1) is 0 Å². The van der Waals surface area contributed by atoms with Gasteiger partial charge in [-0.2, -0.15) is 0 Å². The molecule has 1 aromatic carbocycles. The zero-order valence-corrected chi connectivity index (χ0v) is 16.3. The molecular weight excluding hydrogens is 353 g/mol. The van der Waals surface area contributed by atoms with Crippen molar-refractivity contribution in [3.63, 3.8) is 0 Å². The molecular formula is C17H25F3O4Si. The second kappa shape index (κ2) is 7.68. The molecule has 0 saturated carbocycles.